The van der Waals surface area contributed by atoms with Gasteiger partial charge in [-0.15, -0.1) is 5.10 Å². The molecular formula is C15H19N3O3S. The predicted molar refractivity (Wildman–Crippen MR) is 83.4 cm³/mol. The average molecular weight is 321 g/mol. The minimum absolute atomic E-state index is 0.123. The number of aromatic nitrogens is 2. The van der Waals surface area contributed by atoms with Gasteiger partial charge in [-0.2, -0.15) is 0 Å². The van der Waals surface area contributed by atoms with Gasteiger partial charge >= 0.3 is 6.01 Å². The van der Waals surface area contributed by atoms with E-state index >= 15 is 0 Å². The lowest BCUT2D eigenvalue weighted by Gasteiger charge is -2.06. The summed E-state index contributed by atoms with van der Waals surface area (Å²) in [5.74, 6) is 0.945. The first-order valence-electron chi connectivity index (χ1n) is 7.44. The van der Waals surface area contributed by atoms with Crippen molar-refractivity contribution in [1.82, 2.24) is 10.2 Å². The molecule has 1 aliphatic heterocycles. The fraction of sp³-hybridized carbons (Fsp3) is 0.467. The maximum Gasteiger partial charge on any atom is 0.315 e. The summed E-state index contributed by atoms with van der Waals surface area (Å²) in [5.41, 5.74) is 1.29. The first kappa shape index (κ1) is 15.0. The summed E-state index contributed by atoms with van der Waals surface area (Å²) >= 11 is 0. The van der Waals surface area contributed by atoms with E-state index in [0.29, 0.717) is 24.7 Å². The molecule has 2 aromatic rings. The van der Waals surface area contributed by atoms with Crippen LogP contribution in [0.15, 0.2) is 34.7 Å². The summed E-state index contributed by atoms with van der Waals surface area (Å²) in [7, 11) is -2.91. The van der Waals surface area contributed by atoms with Crippen LogP contribution in [-0.4, -0.2) is 36.2 Å². The molecule has 2 heterocycles. The summed E-state index contributed by atoms with van der Waals surface area (Å²) in [5, 5.41) is 10.9. The van der Waals surface area contributed by atoms with Crippen molar-refractivity contribution in [3.63, 3.8) is 0 Å². The van der Waals surface area contributed by atoms with Crippen molar-refractivity contribution >= 4 is 15.9 Å². The Morgan fingerprint density at radius 1 is 1.18 bits per heavy atom. The minimum atomic E-state index is -2.91. The second kappa shape index (κ2) is 6.48. The van der Waals surface area contributed by atoms with Crippen LogP contribution in [0, 0.1) is 0 Å². The Morgan fingerprint density at radius 2 is 2.00 bits per heavy atom. The predicted octanol–water partition coefficient (Wildman–Crippen LogP) is 1.84. The summed E-state index contributed by atoms with van der Waals surface area (Å²) < 4.78 is 28.3. The molecule has 3 rings (SSSR count). The van der Waals surface area contributed by atoms with Crippen molar-refractivity contribution in [2.45, 2.75) is 31.7 Å². The van der Waals surface area contributed by atoms with Crippen LogP contribution < -0.4 is 5.32 Å². The zero-order chi connectivity index (χ0) is 15.4. The zero-order valence-electron chi connectivity index (χ0n) is 12.2. The van der Waals surface area contributed by atoms with E-state index in [1.807, 2.05) is 18.2 Å². The van der Waals surface area contributed by atoms with Crippen molar-refractivity contribution in [3.05, 3.63) is 41.8 Å². The van der Waals surface area contributed by atoms with Crippen LogP contribution in [0.25, 0.3) is 0 Å². The molecule has 1 aromatic carbocycles. The summed E-state index contributed by atoms with van der Waals surface area (Å²) in [6.45, 7) is 0. The molecule has 1 aromatic heterocycles. The van der Waals surface area contributed by atoms with E-state index in [2.05, 4.69) is 27.6 Å². The number of sulfone groups is 1. The Hall–Kier alpha value is -1.89. The number of nitrogens with zero attached hydrogens (tertiary/aromatic N) is 2. The number of aryl methyl sites for hydroxylation is 2. The highest BCUT2D eigenvalue weighted by Gasteiger charge is 2.28. The number of hydrogen-bond acceptors (Lipinski definition) is 6. The molecule has 0 amide bonds. The normalized spacial score (nSPS) is 20.1. The molecule has 6 nitrogen and oxygen atoms in total. The smallest absolute Gasteiger partial charge is 0.315 e. The van der Waals surface area contributed by atoms with Gasteiger partial charge in [-0.3, -0.25) is 0 Å². The molecule has 1 saturated heterocycles. The van der Waals surface area contributed by atoms with Crippen molar-refractivity contribution < 1.29 is 12.8 Å². The molecule has 118 valence electrons. The molecule has 0 spiro atoms. The second-order valence-electron chi connectivity index (χ2n) is 5.58. The van der Waals surface area contributed by atoms with Crippen molar-refractivity contribution in [2.75, 3.05) is 16.8 Å². The Kier molecular flexibility index (Phi) is 4.42. The Labute approximate surface area is 129 Å². The van der Waals surface area contributed by atoms with Gasteiger partial charge in [0, 0.05) is 12.5 Å². The maximum absolute atomic E-state index is 11.4. The van der Waals surface area contributed by atoms with Crippen LogP contribution in [0.5, 0.6) is 0 Å². The summed E-state index contributed by atoms with van der Waals surface area (Å²) in [6.07, 6.45) is 3.21. The molecular weight excluding hydrogens is 302 g/mol. The number of anilines is 1. The molecule has 1 unspecified atom stereocenters. The van der Waals surface area contributed by atoms with E-state index in [9.17, 15) is 8.42 Å². The van der Waals surface area contributed by atoms with E-state index in [-0.39, 0.29) is 17.5 Å². The lowest BCUT2D eigenvalue weighted by Crippen LogP contribution is -2.20. The Balaban J connectivity index is 1.47. The van der Waals surface area contributed by atoms with Gasteiger partial charge in [-0.1, -0.05) is 35.4 Å². The maximum atomic E-state index is 11.4. The molecule has 0 aliphatic carbocycles. The van der Waals surface area contributed by atoms with E-state index < -0.39 is 9.84 Å². The monoisotopic (exact) mass is 321 g/mol. The van der Waals surface area contributed by atoms with Crippen LogP contribution in [0.1, 0.15) is 24.3 Å². The molecule has 1 aliphatic rings. The largest absolute Gasteiger partial charge is 0.408 e. The van der Waals surface area contributed by atoms with Gasteiger partial charge in [0.25, 0.3) is 0 Å². The van der Waals surface area contributed by atoms with Gasteiger partial charge in [0.15, 0.2) is 9.84 Å². The van der Waals surface area contributed by atoms with Crippen molar-refractivity contribution in [2.24, 2.45) is 0 Å². The summed E-state index contributed by atoms with van der Waals surface area (Å²) in [4.78, 5) is 0. The van der Waals surface area contributed by atoms with Gasteiger partial charge < -0.3 is 9.73 Å². The molecule has 1 N–H and O–H groups in total. The number of rotatable bonds is 6. The lowest BCUT2D eigenvalue weighted by molar-refractivity contribution is 0.492. The first-order valence-corrected chi connectivity index (χ1v) is 9.26. The highest BCUT2D eigenvalue weighted by Crippen LogP contribution is 2.17. The van der Waals surface area contributed by atoms with Gasteiger partial charge in [0.05, 0.1) is 11.5 Å². The summed E-state index contributed by atoms with van der Waals surface area (Å²) in [6, 6.07) is 10.4. The zero-order valence-corrected chi connectivity index (χ0v) is 13.1. The minimum Gasteiger partial charge on any atom is -0.408 e. The standard InChI is InChI=1S/C15H19N3O3S/c19-22(20)10-9-13(11-22)16-15-18-17-14(21-15)8-4-7-12-5-2-1-3-6-12/h1-3,5-6,13H,4,7-11H2,(H,16,18). The van der Waals surface area contributed by atoms with Crippen LogP contribution >= 0.6 is 0 Å². The highest BCUT2D eigenvalue weighted by molar-refractivity contribution is 7.91. The molecule has 0 radical (unpaired) electrons. The molecule has 0 bridgehead atoms. The first-order chi connectivity index (χ1) is 10.6. The van der Waals surface area contributed by atoms with Crippen LogP contribution in [-0.2, 0) is 22.7 Å². The quantitative estimate of drug-likeness (QED) is 0.874. The lowest BCUT2D eigenvalue weighted by atomic mass is 10.1. The average Bonchev–Trinajstić information content (AvgIpc) is 3.07. The molecule has 1 atom stereocenters. The molecule has 22 heavy (non-hydrogen) atoms. The van der Waals surface area contributed by atoms with E-state index in [1.54, 1.807) is 0 Å². The van der Waals surface area contributed by atoms with E-state index in [1.165, 1.54) is 5.56 Å². The third-order valence-electron chi connectivity index (χ3n) is 3.73. The fourth-order valence-corrected chi connectivity index (χ4v) is 4.26. The Morgan fingerprint density at radius 3 is 2.73 bits per heavy atom. The SMILES string of the molecule is O=S1(=O)CCC(Nc2nnc(CCCc3ccccc3)o2)C1. The van der Waals surface area contributed by atoms with E-state index in [4.69, 9.17) is 4.42 Å². The molecule has 1 fully saturated rings. The van der Waals surface area contributed by atoms with Crippen LogP contribution in [0.3, 0.4) is 0 Å². The van der Waals surface area contributed by atoms with Crippen molar-refractivity contribution in [1.29, 1.82) is 0 Å². The number of hydrogen-bond donors (Lipinski definition) is 1. The van der Waals surface area contributed by atoms with Gasteiger partial charge in [0.1, 0.15) is 0 Å². The molecule has 0 saturated carbocycles. The fourth-order valence-electron chi connectivity index (χ4n) is 2.58. The van der Waals surface area contributed by atoms with Crippen LogP contribution in [0.4, 0.5) is 6.01 Å². The van der Waals surface area contributed by atoms with Crippen LogP contribution in [0.2, 0.25) is 0 Å². The molecule has 7 heteroatoms. The number of nitrogens with one attached hydrogen (secondary N) is 1. The highest BCUT2D eigenvalue weighted by atomic mass is 32.2. The second-order valence-corrected chi connectivity index (χ2v) is 7.81. The van der Waals surface area contributed by atoms with E-state index in [0.717, 1.165) is 12.8 Å². The third-order valence-corrected chi connectivity index (χ3v) is 5.49. The topological polar surface area (TPSA) is 85.1 Å². The van der Waals surface area contributed by atoms with Gasteiger partial charge in [-0.05, 0) is 24.8 Å². The van der Waals surface area contributed by atoms with Gasteiger partial charge in [0.2, 0.25) is 5.89 Å². The Bertz CT molecular complexity index is 713. The van der Waals surface area contributed by atoms with Gasteiger partial charge in [-0.25, -0.2) is 8.42 Å². The third kappa shape index (κ3) is 4.07. The van der Waals surface area contributed by atoms with Crippen molar-refractivity contribution in [3.8, 4) is 0 Å². The number of benzene rings is 1.